The van der Waals surface area contributed by atoms with Gasteiger partial charge in [0.1, 0.15) is 6.33 Å². The molecule has 0 bridgehead atoms. The number of pyridine rings is 1. The summed E-state index contributed by atoms with van der Waals surface area (Å²) in [5, 5.41) is 3.95. The van der Waals surface area contributed by atoms with Crippen molar-refractivity contribution in [3.8, 4) is 11.9 Å². The van der Waals surface area contributed by atoms with Gasteiger partial charge in [0.15, 0.2) is 0 Å². The van der Waals surface area contributed by atoms with Crippen molar-refractivity contribution in [1.82, 2.24) is 19.7 Å². The third-order valence-corrected chi connectivity index (χ3v) is 2.05. The van der Waals surface area contributed by atoms with Gasteiger partial charge in [-0.1, -0.05) is 0 Å². The lowest BCUT2D eigenvalue weighted by molar-refractivity contribution is 0.424. The highest BCUT2D eigenvalue weighted by atomic mass is 79.9. The molecule has 2 aromatic heterocycles. The summed E-state index contributed by atoms with van der Waals surface area (Å²) >= 11 is 3.25. The SMILES string of the molecule is Cn1cnc(Oc2ncc(Br)cc2N)n1. The summed E-state index contributed by atoms with van der Waals surface area (Å²) in [4.78, 5) is 7.90. The molecule has 0 unspecified atom stereocenters. The van der Waals surface area contributed by atoms with Crippen LogP contribution in [0.2, 0.25) is 0 Å². The van der Waals surface area contributed by atoms with E-state index in [0.717, 1.165) is 4.47 Å². The number of nitrogens with zero attached hydrogens (tertiary/aromatic N) is 4. The van der Waals surface area contributed by atoms with Crippen molar-refractivity contribution in [3.63, 3.8) is 0 Å². The Labute approximate surface area is 94.2 Å². The number of hydrogen-bond acceptors (Lipinski definition) is 5. The van der Waals surface area contributed by atoms with E-state index in [1.165, 1.54) is 11.0 Å². The van der Waals surface area contributed by atoms with Gasteiger partial charge in [-0.3, -0.25) is 4.68 Å². The number of ether oxygens (including phenoxy) is 1. The molecule has 7 heteroatoms. The molecule has 2 N–H and O–H groups in total. The van der Waals surface area contributed by atoms with E-state index < -0.39 is 0 Å². The molecule has 6 nitrogen and oxygen atoms in total. The van der Waals surface area contributed by atoms with Gasteiger partial charge >= 0.3 is 6.01 Å². The molecular weight excluding hydrogens is 262 g/mol. The summed E-state index contributed by atoms with van der Waals surface area (Å²) in [5.74, 6) is 0.296. The average molecular weight is 270 g/mol. The number of nitrogen functional groups attached to an aromatic ring is 1. The Hall–Kier alpha value is -1.63. The molecule has 0 saturated carbocycles. The zero-order chi connectivity index (χ0) is 10.8. The van der Waals surface area contributed by atoms with E-state index in [1.807, 2.05) is 0 Å². The monoisotopic (exact) mass is 269 g/mol. The van der Waals surface area contributed by atoms with E-state index in [2.05, 4.69) is 31.0 Å². The van der Waals surface area contributed by atoms with Crippen LogP contribution in [0.15, 0.2) is 23.1 Å². The van der Waals surface area contributed by atoms with Gasteiger partial charge in [-0.15, -0.1) is 5.10 Å². The van der Waals surface area contributed by atoms with Gasteiger partial charge in [-0.05, 0) is 22.0 Å². The maximum atomic E-state index is 5.70. The minimum atomic E-state index is 0.221. The molecule has 2 aromatic rings. The highest BCUT2D eigenvalue weighted by molar-refractivity contribution is 9.10. The van der Waals surface area contributed by atoms with Gasteiger partial charge < -0.3 is 10.5 Å². The Morgan fingerprint density at radius 3 is 2.87 bits per heavy atom. The summed E-state index contributed by atoms with van der Waals surface area (Å²) < 4.78 is 7.61. The summed E-state index contributed by atoms with van der Waals surface area (Å²) in [6.07, 6.45) is 3.12. The molecule has 15 heavy (non-hydrogen) atoms. The van der Waals surface area contributed by atoms with Crippen LogP contribution in [0.3, 0.4) is 0 Å². The molecule has 2 heterocycles. The molecule has 0 aliphatic heterocycles. The Balaban J connectivity index is 2.24. The smallest absolute Gasteiger partial charge is 0.342 e. The van der Waals surface area contributed by atoms with Crippen molar-refractivity contribution < 1.29 is 4.74 Å². The van der Waals surface area contributed by atoms with E-state index in [9.17, 15) is 0 Å². The minimum absolute atomic E-state index is 0.221. The van der Waals surface area contributed by atoms with Crippen LogP contribution in [0.5, 0.6) is 11.9 Å². The molecule has 0 radical (unpaired) electrons. The highest BCUT2D eigenvalue weighted by Crippen LogP contribution is 2.24. The van der Waals surface area contributed by atoms with E-state index in [-0.39, 0.29) is 6.01 Å². The van der Waals surface area contributed by atoms with Gasteiger partial charge in [0.05, 0.1) is 5.69 Å². The summed E-state index contributed by atoms with van der Waals surface area (Å²) in [7, 11) is 1.75. The maximum Gasteiger partial charge on any atom is 0.342 e. The molecule has 0 amide bonds. The van der Waals surface area contributed by atoms with Gasteiger partial charge in [-0.2, -0.15) is 4.98 Å². The third kappa shape index (κ3) is 2.24. The molecule has 78 valence electrons. The fraction of sp³-hybridized carbons (Fsp3) is 0.125. The van der Waals surface area contributed by atoms with Crippen LogP contribution in [0.4, 0.5) is 5.69 Å². The molecular formula is C8H8BrN5O. The molecule has 0 saturated heterocycles. The lowest BCUT2D eigenvalue weighted by Crippen LogP contribution is -1.96. The number of hydrogen-bond donors (Lipinski definition) is 1. The fourth-order valence-electron chi connectivity index (χ4n) is 0.980. The van der Waals surface area contributed by atoms with Crippen molar-refractivity contribution >= 4 is 21.6 Å². The average Bonchev–Trinajstić information content (AvgIpc) is 2.56. The topological polar surface area (TPSA) is 78.8 Å². The first kappa shape index (κ1) is 9.91. The predicted octanol–water partition coefficient (Wildman–Crippen LogP) is 1.35. The normalized spacial score (nSPS) is 10.3. The van der Waals surface area contributed by atoms with Crippen LogP contribution in [-0.4, -0.2) is 19.7 Å². The highest BCUT2D eigenvalue weighted by Gasteiger charge is 2.07. The zero-order valence-electron chi connectivity index (χ0n) is 7.88. The standard InChI is InChI=1S/C8H8BrN5O/c1-14-4-12-8(13-14)15-7-6(10)2-5(9)3-11-7/h2-4H,10H2,1H3. The number of aromatic nitrogens is 4. The van der Waals surface area contributed by atoms with E-state index >= 15 is 0 Å². The minimum Gasteiger partial charge on any atom is -0.402 e. The number of anilines is 1. The van der Waals surface area contributed by atoms with Crippen molar-refractivity contribution in [2.24, 2.45) is 7.05 Å². The maximum absolute atomic E-state index is 5.70. The molecule has 2 rings (SSSR count). The first-order chi connectivity index (χ1) is 7.15. The Bertz CT molecular complexity index is 484. The molecule has 0 fully saturated rings. The fourth-order valence-corrected chi connectivity index (χ4v) is 1.33. The second-order valence-electron chi connectivity index (χ2n) is 2.85. The molecule has 0 aromatic carbocycles. The first-order valence-corrected chi connectivity index (χ1v) is 4.89. The lowest BCUT2D eigenvalue weighted by Gasteiger charge is -2.02. The van der Waals surface area contributed by atoms with Crippen LogP contribution in [0.25, 0.3) is 0 Å². The molecule has 0 atom stereocenters. The summed E-state index contributed by atoms with van der Waals surface area (Å²) in [6, 6.07) is 1.92. The third-order valence-electron chi connectivity index (χ3n) is 1.61. The van der Waals surface area contributed by atoms with Crippen LogP contribution in [0.1, 0.15) is 0 Å². The van der Waals surface area contributed by atoms with Crippen LogP contribution < -0.4 is 10.5 Å². The van der Waals surface area contributed by atoms with E-state index in [1.54, 1.807) is 19.3 Å². The van der Waals surface area contributed by atoms with Crippen molar-refractivity contribution in [1.29, 1.82) is 0 Å². The largest absolute Gasteiger partial charge is 0.402 e. The predicted molar refractivity (Wildman–Crippen MR) is 57.4 cm³/mol. The van der Waals surface area contributed by atoms with E-state index in [0.29, 0.717) is 11.6 Å². The molecule has 0 aliphatic carbocycles. The van der Waals surface area contributed by atoms with Crippen molar-refractivity contribution in [2.75, 3.05) is 5.73 Å². The van der Waals surface area contributed by atoms with Gasteiger partial charge in [0.25, 0.3) is 0 Å². The van der Waals surface area contributed by atoms with Crippen LogP contribution >= 0.6 is 15.9 Å². The number of aryl methyl sites for hydroxylation is 1. The summed E-state index contributed by atoms with van der Waals surface area (Å²) in [6.45, 7) is 0. The van der Waals surface area contributed by atoms with Crippen molar-refractivity contribution in [2.45, 2.75) is 0 Å². The Morgan fingerprint density at radius 1 is 1.47 bits per heavy atom. The Kier molecular flexibility index (Phi) is 2.55. The summed E-state index contributed by atoms with van der Waals surface area (Å²) in [5.41, 5.74) is 6.12. The molecule has 0 aliphatic rings. The quantitative estimate of drug-likeness (QED) is 0.890. The first-order valence-electron chi connectivity index (χ1n) is 4.09. The van der Waals surface area contributed by atoms with Gasteiger partial charge in [0.2, 0.25) is 5.88 Å². The van der Waals surface area contributed by atoms with Crippen molar-refractivity contribution in [3.05, 3.63) is 23.1 Å². The number of halogens is 1. The van der Waals surface area contributed by atoms with Gasteiger partial charge in [-0.25, -0.2) is 4.98 Å². The molecule has 0 spiro atoms. The second kappa shape index (κ2) is 3.85. The second-order valence-corrected chi connectivity index (χ2v) is 3.77. The zero-order valence-corrected chi connectivity index (χ0v) is 9.47. The van der Waals surface area contributed by atoms with Crippen LogP contribution in [0, 0.1) is 0 Å². The van der Waals surface area contributed by atoms with Gasteiger partial charge in [0, 0.05) is 17.7 Å². The number of rotatable bonds is 2. The van der Waals surface area contributed by atoms with Crippen LogP contribution in [-0.2, 0) is 7.05 Å². The Morgan fingerprint density at radius 2 is 2.27 bits per heavy atom. The number of nitrogens with two attached hydrogens (primary N) is 1. The lowest BCUT2D eigenvalue weighted by atomic mass is 10.4. The van der Waals surface area contributed by atoms with E-state index in [4.69, 9.17) is 10.5 Å².